The minimum absolute atomic E-state index is 0. The van der Waals surface area contributed by atoms with E-state index in [-0.39, 0.29) is 42.1 Å². The summed E-state index contributed by atoms with van der Waals surface area (Å²) in [5.74, 6) is 0. The van der Waals surface area contributed by atoms with Gasteiger partial charge in [-0.3, -0.25) is 0 Å². The molecule has 0 fully saturated rings. The van der Waals surface area contributed by atoms with Crippen molar-refractivity contribution in [2.24, 2.45) is 0 Å². The summed E-state index contributed by atoms with van der Waals surface area (Å²) in [6, 6.07) is 7.19. The third-order valence-corrected chi connectivity index (χ3v) is 1.36. The molecule has 0 bridgehead atoms. The van der Waals surface area contributed by atoms with E-state index in [0.29, 0.717) is 12.2 Å². The van der Waals surface area contributed by atoms with Crippen molar-refractivity contribution >= 4 is 5.69 Å². The van der Waals surface area contributed by atoms with Gasteiger partial charge in [0, 0.05) is 47.7 Å². The first-order valence-electron chi connectivity index (χ1n) is 3.17. The van der Waals surface area contributed by atoms with E-state index in [1.807, 2.05) is 12.1 Å². The molecule has 72 valence electrons. The van der Waals surface area contributed by atoms with Gasteiger partial charge in [0.15, 0.2) is 5.69 Å². The Kier molecular flexibility index (Phi) is 9.49. The Morgan fingerprint density at radius 3 is 2.23 bits per heavy atom. The Labute approximate surface area is 107 Å². The minimum Gasteiger partial charge on any atom is -0.313 e. The van der Waals surface area contributed by atoms with Crippen LogP contribution in [0, 0.1) is 13.1 Å². The fraction of sp³-hybridized carbons (Fsp3) is 0.111. The predicted molar refractivity (Wildman–Crippen MR) is 43.0 cm³/mol. The molecule has 0 aliphatic rings. The Balaban J connectivity index is 0. The zero-order valence-electron chi connectivity index (χ0n) is 6.54. The molecule has 0 aromatic heterocycles. The van der Waals surface area contributed by atoms with E-state index in [9.17, 15) is 0 Å². The molecule has 0 aliphatic heterocycles. The van der Waals surface area contributed by atoms with Gasteiger partial charge in [-0.1, -0.05) is 24.3 Å². The normalized spacial score (nSPS) is 6.92. The van der Waals surface area contributed by atoms with E-state index in [2.05, 4.69) is 9.69 Å². The molecule has 0 atom stereocenters. The average molecular weight is 532 g/mol. The zero-order valence-corrected chi connectivity index (χ0v) is 11.1. The van der Waals surface area contributed by atoms with Crippen LogP contribution in [-0.2, 0) is 48.7 Å². The van der Waals surface area contributed by atoms with Crippen LogP contribution >= 0.6 is 0 Å². The summed E-state index contributed by atoms with van der Waals surface area (Å²) in [7, 11) is 0. The van der Waals surface area contributed by atoms with Crippen LogP contribution in [-0.4, -0.2) is 0 Å². The van der Waals surface area contributed by atoms with Crippen LogP contribution < -0.4 is 0 Å². The van der Waals surface area contributed by atoms with Gasteiger partial charge in [0.1, 0.15) is 0 Å². The van der Waals surface area contributed by atoms with Crippen molar-refractivity contribution in [3.63, 3.8) is 0 Å². The number of para-hydroxylation sites is 1. The van der Waals surface area contributed by atoms with Crippen LogP contribution in [0.2, 0.25) is 0 Å². The van der Waals surface area contributed by atoms with Gasteiger partial charge in [-0.05, 0) is 0 Å². The summed E-state index contributed by atoms with van der Waals surface area (Å²) in [5.41, 5.74) is 1.40. The maximum Gasteiger partial charge on any atom is 0.230 e. The summed E-state index contributed by atoms with van der Waals surface area (Å²) in [5, 5.41) is 0. The van der Waals surface area contributed by atoms with Gasteiger partial charge in [0.25, 0.3) is 0 Å². The molecular formula is C9H6N2Pt2. The number of benzene rings is 1. The van der Waals surface area contributed by atoms with E-state index >= 15 is 0 Å². The third-order valence-electron chi connectivity index (χ3n) is 1.36. The van der Waals surface area contributed by atoms with Crippen LogP contribution in [0.25, 0.3) is 9.69 Å². The van der Waals surface area contributed by atoms with E-state index in [1.165, 1.54) is 0 Å². The third kappa shape index (κ3) is 4.38. The number of rotatable bonds is 1. The first-order valence-corrected chi connectivity index (χ1v) is 3.17. The van der Waals surface area contributed by atoms with Crippen molar-refractivity contribution < 1.29 is 42.1 Å². The molecule has 0 heterocycles. The second-order valence-corrected chi connectivity index (χ2v) is 2.06. The quantitative estimate of drug-likeness (QED) is 0.493. The largest absolute Gasteiger partial charge is 0.313 e. The van der Waals surface area contributed by atoms with Gasteiger partial charge in [-0.2, -0.15) is 0 Å². The Morgan fingerprint density at radius 1 is 1.08 bits per heavy atom. The molecule has 0 unspecified atom stereocenters. The van der Waals surface area contributed by atoms with Gasteiger partial charge < -0.3 is 4.85 Å². The van der Waals surface area contributed by atoms with Crippen molar-refractivity contribution in [2.75, 3.05) is 0 Å². The number of nitrogens with zero attached hydrogens (tertiary/aromatic N) is 2. The molecule has 0 aliphatic carbocycles. The topological polar surface area (TPSA) is 8.72 Å². The summed E-state index contributed by atoms with van der Waals surface area (Å²) >= 11 is 0. The van der Waals surface area contributed by atoms with Crippen LogP contribution in [0.4, 0.5) is 5.69 Å². The fourth-order valence-corrected chi connectivity index (χ4v) is 0.839. The average Bonchev–Trinajstić information content (AvgIpc) is 2.06. The standard InChI is InChI=1S/C9H6N2.2Pt/c1-10-7-8-5-3-4-6-9(8)11-2;;/h3-6H,7H2;;. The van der Waals surface area contributed by atoms with Crippen LogP contribution in [0.1, 0.15) is 5.56 Å². The maximum absolute atomic E-state index is 6.79. The molecule has 2 nitrogen and oxygen atoms in total. The molecule has 0 radical (unpaired) electrons. The molecule has 13 heavy (non-hydrogen) atoms. The second-order valence-electron chi connectivity index (χ2n) is 2.06. The van der Waals surface area contributed by atoms with Gasteiger partial charge >= 0.3 is 0 Å². The second kappa shape index (κ2) is 8.19. The first-order chi connectivity index (χ1) is 5.38. The number of hydrogen-bond acceptors (Lipinski definition) is 0. The Morgan fingerprint density at radius 2 is 1.69 bits per heavy atom. The van der Waals surface area contributed by atoms with Gasteiger partial charge in [-0.25, -0.2) is 11.4 Å². The van der Waals surface area contributed by atoms with Gasteiger partial charge in [0.05, 0.1) is 6.57 Å². The van der Waals surface area contributed by atoms with Crippen LogP contribution in [0.15, 0.2) is 24.3 Å². The zero-order chi connectivity index (χ0) is 8.10. The fourth-order valence-electron chi connectivity index (χ4n) is 0.839. The molecule has 1 aromatic carbocycles. The minimum atomic E-state index is 0. The molecule has 1 rings (SSSR count). The summed E-state index contributed by atoms with van der Waals surface area (Å²) in [4.78, 5) is 6.52. The van der Waals surface area contributed by atoms with Crippen molar-refractivity contribution in [1.82, 2.24) is 0 Å². The van der Waals surface area contributed by atoms with Crippen molar-refractivity contribution in [3.8, 4) is 0 Å². The van der Waals surface area contributed by atoms with Crippen molar-refractivity contribution in [2.45, 2.75) is 6.54 Å². The molecule has 0 N–H and O–H groups in total. The van der Waals surface area contributed by atoms with E-state index in [0.717, 1.165) is 5.56 Å². The SMILES string of the molecule is [C-]#[N+]Cc1ccccc1[N+]#[C-].[Pt].[Pt]. The van der Waals surface area contributed by atoms with E-state index < -0.39 is 0 Å². The summed E-state index contributed by atoms with van der Waals surface area (Å²) in [6.45, 7) is 13.7. The van der Waals surface area contributed by atoms with Crippen molar-refractivity contribution in [3.05, 3.63) is 52.7 Å². The molecule has 0 saturated heterocycles. The molecule has 0 saturated carbocycles. The molecule has 0 amide bonds. The first kappa shape index (κ1) is 15.1. The van der Waals surface area contributed by atoms with E-state index in [4.69, 9.17) is 13.1 Å². The van der Waals surface area contributed by atoms with Crippen LogP contribution in [0.5, 0.6) is 0 Å². The van der Waals surface area contributed by atoms with Crippen LogP contribution in [0.3, 0.4) is 0 Å². The van der Waals surface area contributed by atoms with Gasteiger partial charge in [0.2, 0.25) is 6.54 Å². The monoisotopic (exact) mass is 532 g/mol. The predicted octanol–water partition coefficient (Wildman–Crippen LogP) is 2.65. The Hall–Kier alpha value is -0.423. The van der Waals surface area contributed by atoms with Gasteiger partial charge in [-0.15, -0.1) is 0 Å². The molecule has 1 aromatic rings. The summed E-state index contributed by atoms with van der Waals surface area (Å²) in [6.07, 6.45) is 0. The molecular weight excluding hydrogens is 526 g/mol. The smallest absolute Gasteiger partial charge is 0.230 e. The summed E-state index contributed by atoms with van der Waals surface area (Å²) < 4.78 is 0. The molecule has 0 spiro atoms. The number of hydrogen-bond donors (Lipinski definition) is 0. The Bertz CT molecular complexity index is 336. The van der Waals surface area contributed by atoms with E-state index in [1.54, 1.807) is 12.1 Å². The maximum atomic E-state index is 6.79. The molecule has 4 heteroatoms. The van der Waals surface area contributed by atoms with Crippen molar-refractivity contribution in [1.29, 1.82) is 0 Å².